The lowest BCUT2D eigenvalue weighted by atomic mass is 9.94. The number of hydrogen-bond acceptors (Lipinski definition) is 5. The number of hydrogen-bond donors (Lipinski definition) is 1. The Morgan fingerprint density at radius 2 is 1.67 bits per heavy atom. The molecule has 1 aliphatic heterocycles. The molecule has 2 aromatic rings. The van der Waals surface area contributed by atoms with E-state index in [-0.39, 0.29) is 0 Å². The van der Waals surface area contributed by atoms with Crippen LogP contribution in [0.15, 0.2) is 36.7 Å². The van der Waals surface area contributed by atoms with Crippen LogP contribution in [0.5, 0.6) is 17.4 Å². The fourth-order valence-electron chi connectivity index (χ4n) is 2.55. The summed E-state index contributed by atoms with van der Waals surface area (Å²) >= 11 is 0. The van der Waals surface area contributed by atoms with Gasteiger partial charge in [0.25, 0.3) is 0 Å². The van der Waals surface area contributed by atoms with Crippen molar-refractivity contribution in [1.29, 1.82) is 0 Å². The van der Waals surface area contributed by atoms with E-state index in [4.69, 9.17) is 9.47 Å². The molecule has 110 valence electrons. The summed E-state index contributed by atoms with van der Waals surface area (Å²) in [7, 11) is 1.65. The molecule has 21 heavy (non-hydrogen) atoms. The Morgan fingerprint density at radius 3 is 2.38 bits per heavy atom. The Morgan fingerprint density at radius 1 is 1.00 bits per heavy atom. The first-order valence-electron chi connectivity index (χ1n) is 7.20. The van der Waals surface area contributed by atoms with Crippen molar-refractivity contribution in [3.05, 3.63) is 42.4 Å². The maximum absolute atomic E-state index is 5.91. The number of methoxy groups -OCH3 is 1. The van der Waals surface area contributed by atoms with Crippen LogP contribution >= 0.6 is 0 Å². The second-order valence-electron chi connectivity index (χ2n) is 5.05. The maximum Gasteiger partial charge on any atom is 0.241 e. The average Bonchev–Trinajstić information content (AvgIpc) is 2.57. The minimum absolute atomic E-state index is 0.410. The molecule has 1 N–H and O–H groups in total. The van der Waals surface area contributed by atoms with Gasteiger partial charge in [-0.3, -0.25) is 4.98 Å². The first-order chi connectivity index (χ1) is 10.4. The Balaban J connectivity index is 1.80. The highest BCUT2D eigenvalue weighted by Crippen LogP contribution is 2.32. The molecule has 0 amide bonds. The van der Waals surface area contributed by atoms with E-state index in [2.05, 4.69) is 15.3 Å². The van der Waals surface area contributed by atoms with Gasteiger partial charge in [-0.05, 0) is 50.2 Å². The van der Waals surface area contributed by atoms with Crippen molar-refractivity contribution in [1.82, 2.24) is 15.3 Å². The Bertz CT molecular complexity index is 580. The zero-order chi connectivity index (χ0) is 14.5. The highest BCUT2D eigenvalue weighted by molar-refractivity contribution is 5.35. The molecule has 1 aromatic heterocycles. The van der Waals surface area contributed by atoms with E-state index in [1.807, 2.05) is 24.3 Å². The summed E-state index contributed by atoms with van der Waals surface area (Å²) in [5.74, 6) is 2.56. The number of aromatic nitrogens is 2. The monoisotopic (exact) mass is 285 g/mol. The molecule has 0 atom stereocenters. The van der Waals surface area contributed by atoms with E-state index in [0.29, 0.717) is 11.8 Å². The van der Waals surface area contributed by atoms with Crippen LogP contribution in [0, 0.1) is 0 Å². The van der Waals surface area contributed by atoms with Crippen LogP contribution in [0.2, 0.25) is 0 Å². The van der Waals surface area contributed by atoms with Gasteiger partial charge in [0.2, 0.25) is 5.88 Å². The minimum Gasteiger partial charge on any atom is -0.497 e. The standard InChI is InChI=1S/C16H19N3O2/c1-20-13-2-4-14(5-3-13)21-16-15(18-10-11-19-16)12-6-8-17-9-7-12/h2-5,10-12,17H,6-9H2,1H3. The molecule has 0 unspecified atom stereocenters. The number of piperidine rings is 1. The highest BCUT2D eigenvalue weighted by atomic mass is 16.5. The van der Waals surface area contributed by atoms with Gasteiger partial charge >= 0.3 is 0 Å². The van der Waals surface area contributed by atoms with Gasteiger partial charge in [-0.2, -0.15) is 0 Å². The average molecular weight is 285 g/mol. The number of benzene rings is 1. The minimum atomic E-state index is 0.410. The van der Waals surface area contributed by atoms with Crippen LogP contribution in [0.3, 0.4) is 0 Å². The molecule has 2 heterocycles. The van der Waals surface area contributed by atoms with Crippen LogP contribution in [-0.4, -0.2) is 30.2 Å². The number of nitrogens with one attached hydrogen (secondary N) is 1. The lowest BCUT2D eigenvalue weighted by Gasteiger charge is -2.23. The Kier molecular flexibility index (Phi) is 4.31. The maximum atomic E-state index is 5.91. The second kappa shape index (κ2) is 6.54. The molecule has 0 spiro atoms. The molecule has 1 fully saturated rings. The van der Waals surface area contributed by atoms with E-state index in [1.165, 1.54) is 0 Å². The van der Waals surface area contributed by atoms with E-state index >= 15 is 0 Å². The first kappa shape index (κ1) is 13.8. The molecule has 1 aromatic carbocycles. The molecule has 0 aliphatic carbocycles. The predicted molar refractivity (Wildman–Crippen MR) is 79.9 cm³/mol. The lowest BCUT2D eigenvalue weighted by molar-refractivity contribution is 0.404. The summed E-state index contributed by atoms with van der Waals surface area (Å²) in [6.07, 6.45) is 5.54. The third-order valence-electron chi connectivity index (χ3n) is 3.69. The van der Waals surface area contributed by atoms with E-state index in [1.54, 1.807) is 19.5 Å². The van der Waals surface area contributed by atoms with Crippen LogP contribution in [0.1, 0.15) is 24.5 Å². The predicted octanol–water partition coefficient (Wildman–Crippen LogP) is 2.74. The van der Waals surface area contributed by atoms with Gasteiger partial charge in [0.15, 0.2) is 0 Å². The Hall–Kier alpha value is -2.14. The molecule has 1 aliphatic rings. The molecule has 5 heteroatoms. The third-order valence-corrected chi connectivity index (χ3v) is 3.69. The molecule has 5 nitrogen and oxygen atoms in total. The summed E-state index contributed by atoms with van der Waals surface area (Å²) in [5, 5.41) is 3.36. The number of ether oxygens (including phenoxy) is 2. The molecule has 0 radical (unpaired) electrons. The lowest BCUT2D eigenvalue weighted by Crippen LogP contribution is -2.27. The third kappa shape index (κ3) is 3.31. The van der Waals surface area contributed by atoms with Crippen molar-refractivity contribution in [2.45, 2.75) is 18.8 Å². The van der Waals surface area contributed by atoms with Gasteiger partial charge in [0.1, 0.15) is 17.2 Å². The van der Waals surface area contributed by atoms with Gasteiger partial charge in [0.05, 0.1) is 7.11 Å². The van der Waals surface area contributed by atoms with Crippen LogP contribution in [0.25, 0.3) is 0 Å². The fraction of sp³-hybridized carbons (Fsp3) is 0.375. The van der Waals surface area contributed by atoms with Gasteiger partial charge in [0, 0.05) is 18.3 Å². The van der Waals surface area contributed by atoms with Gasteiger partial charge in [-0.15, -0.1) is 0 Å². The van der Waals surface area contributed by atoms with Gasteiger partial charge in [-0.25, -0.2) is 4.98 Å². The van der Waals surface area contributed by atoms with Crippen LogP contribution in [0.4, 0.5) is 0 Å². The van der Waals surface area contributed by atoms with Crippen molar-refractivity contribution in [2.24, 2.45) is 0 Å². The summed E-state index contributed by atoms with van der Waals surface area (Å²) in [6.45, 7) is 2.03. The normalized spacial score (nSPS) is 15.7. The van der Waals surface area contributed by atoms with Gasteiger partial charge < -0.3 is 14.8 Å². The number of nitrogens with zero attached hydrogens (tertiary/aromatic N) is 2. The topological polar surface area (TPSA) is 56.3 Å². The summed E-state index contributed by atoms with van der Waals surface area (Å²) in [6, 6.07) is 7.49. The summed E-state index contributed by atoms with van der Waals surface area (Å²) in [4.78, 5) is 8.85. The summed E-state index contributed by atoms with van der Waals surface area (Å²) in [5.41, 5.74) is 0.954. The Labute approximate surface area is 124 Å². The van der Waals surface area contributed by atoms with E-state index in [9.17, 15) is 0 Å². The molecule has 1 saturated heterocycles. The van der Waals surface area contributed by atoms with Crippen molar-refractivity contribution in [2.75, 3.05) is 20.2 Å². The van der Waals surface area contributed by atoms with Crippen LogP contribution < -0.4 is 14.8 Å². The molecule has 0 bridgehead atoms. The SMILES string of the molecule is COc1ccc(Oc2nccnc2C2CCNCC2)cc1. The van der Waals surface area contributed by atoms with Gasteiger partial charge in [-0.1, -0.05) is 0 Å². The van der Waals surface area contributed by atoms with Crippen molar-refractivity contribution in [3.8, 4) is 17.4 Å². The van der Waals surface area contributed by atoms with Crippen molar-refractivity contribution in [3.63, 3.8) is 0 Å². The van der Waals surface area contributed by atoms with E-state index < -0.39 is 0 Å². The second-order valence-corrected chi connectivity index (χ2v) is 5.05. The largest absolute Gasteiger partial charge is 0.497 e. The summed E-state index contributed by atoms with van der Waals surface area (Å²) < 4.78 is 11.1. The quantitative estimate of drug-likeness (QED) is 0.936. The first-order valence-corrected chi connectivity index (χ1v) is 7.20. The van der Waals surface area contributed by atoms with E-state index in [0.717, 1.165) is 43.1 Å². The van der Waals surface area contributed by atoms with Crippen molar-refractivity contribution < 1.29 is 9.47 Å². The van der Waals surface area contributed by atoms with Crippen molar-refractivity contribution >= 4 is 0 Å². The molecular weight excluding hydrogens is 266 g/mol. The smallest absolute Gasteiger partial charge is 0.241 e. The highest BCUT2D eigenvalue weighted by Gasteiger charge is 2.21. The molecule has 3 rings (SSSR count). The zero-order valence-corrected chi connectivity index (χ0v) is 12.1. The molecular formula is C16H19N3O2. The zero-order valence-electron chi connectivity index (χ0n) is 12.1. The van der Waals surface area contributed by atoms with Crippen LogP contribution in [-0.2, 0) is 0 Å². The number of rotatable bonds is 4. The fourth-order valence-corrected chi connectivity index (χ4v) is 2.55. The molecule has 0 saturated carbocycles.